The minimum absolute atomic E-state index is 0.233. The Kier molecular flexibility index (Phi) is 4.26. The van der Waals surface area contributed by atoms with Gasteiger partial charge >= 0.3 is 0 Å². The average molecular weight is 309 g/mol. The van der Waals surface area contributed by atoms with Gasteiger partial charge in [0.25, 0.3) is 0 Å². The van der Waals surface area contributed by atoms with Gasteiger partial charge in [-0.15, -0.1) is 0 Å². The molecule has 0 radical (unpaired) electrons. The van der Waals surface area contributed by atoms with Crippen molar-refractivity contribution in [1.82, 2.24) is 0 Å². The highest BCUT2D eigenvalue weighted by Gasteiger charge is 2.29. The Morgan fingerprint density at radius 3 is 2.56 bits per heavy atom. The molecule has 1 aliphatic carbocycles. The Labute approximate surface area is 118 Å². The monoisotopic (exact) mass is 308 g/mol. The molecule has 0 N–H and O–H groups in total. The lowest BCUT2D eigenvalue weighted by molar-refractivity contribution is 0.0837. The van der Waals surface area contributed by atoms with Crippen molar-refractivity contribution >= 4 is 21.7 Å². The first kappa shape index (κ1) is 13.8. The van der Waals surface area contributed by atoms with Crippen LogP contribution in [0.3, 0.4) is 0 Å². The zero-order valence-electron chi connectivity index (χ0n) is 11.4. The fourth-order valence-corrected chi connectivity index (χ4v) is 3.07. The summed E-state index contributed by atoms with van der Waals surface area (Å²) in [5, 5.41) is 0. The summed E-state index contributed by atoms with van der Waals surface area (Å²) in [6.45, 7) is 6.61. The van der Waals surface area contributed by atoms with Crippen molar-refractivity contribution in [2.45, 2.75) is 40.0 Å². The number of Topliss-reactive ketones (excluding diaryl/α,β-unsaturated/α-hetero) is 1. The van der Waals surface area contributed by atoms with E-state index < -0.39 is 0 Å². The first-order valence-corrected chi connectivity index (χ1v) is 7.58. The summed E-state index contributed by atoms with van der Waals surface area (Å²) >= 11 is 3.48. The van der Waals surface area contributed by atoms with E-state index in [1.807, 2.05) is 25.1 Å². The SMILES string of the molecule is Cc1cc(C(=O)C2CCC(C)C(C)C2)ccc1Br. The molecule has 0 amide bonds. The maximum Gasteiger partial charge on any atom is 0.165 e. The quantitative estimate of drug-likeness (QED) is 0.702. The minimum atomic E-state index is 0.233. The zero-order chi connectivity index (χ0) is 13.3. The molecule has 1 fully saturated rings. The van der Waals surface area contributed by atoms with Gasteiger partial charge in [0.15, 0.2) is 5.78 Å². The fraction of sp³-hybridized carbons (Fsp3) is 0.562. The number of carbonyl (C=O) groups excluding carboxylic acids is 1. The second kappa shape index (κ2) is 5.56. The molecule has 2 heteroatoms. The number of aryl methyl sites for hydroxylation is 1. The first-order valence-electron chi connectivity index (χ1n) is 6.79. The molecule has 1 aromatic rings. The lowest BCUT2D eigenvalue weighted by Gasteiger charge is -2.31. The Morgan fingerprint density at radius 2 is 1.94 bits per heavy atom. The number of benzene rings is 1. The van der Waals surface area contributed by atoms with E-state index in [9.17, 15) is 4.79 Å². The van der Waals surface area contributed by atoms with Crippen LogP contribution in [0.4, 0.5) is 0 Å². The summed E-state index contributed by atoms with van der Waals surface area (Å²) in [5.74, 6) is 2.01. The number of ketones is 1. The van der Waals surface area contributed by atoms with E-state index in [1.54, 1.807) is 0 Å². The van der Waals surface area contributed by atoms with E-state index in [0.29, 0.717) is 11.7 Å². The Balaban J connectivity index is 2.14. The molecular weight excluding hydrogens is 288 g/mol. The van der Waals surface area contributed by atoms with Crippen LogP contribution < -0.4 is 0 Å². The molecule has 98 valence electrons. The van der Waals surface area contributed by atoms with Crippen LogP contribution in [-0.4, -0.2) is 5.78 Å². The van der Waals surface area contributed by atoms with Crippen molar-refractivity contribution in [1.29, 1.82) is 0 Å². The van der Waals surface area contributed by atoms with Gasteiger partial charge in [0, 0.05) is 16.0 Å². The summed E-state index contributed by atoms with van der Waals surface area (Å²) in [4.78, 5) is 12.5. The third-order valence-electron chi connectivity index (χ3n) is 4.41. The van der Waals surface area contributed by atoms with E-state index in [2.05, 4.69) is 29.8 Å². The lowest BCUT2D eigenvalue weighted by atomic mass is 9.73. The summed E-state index contributed by atoms with van der Waals surface area (Å²) in [7, 11) is 0. The third kappa shape index (κ3) is 2.85. The molecule has 0 bridgehead atoms. The molecule has 0 aromatic heterocycles. The van der Waals surface area contributed by atoms with Gasteiger partial charge in [-0.1, -0.05) is 35.8 Å². The second-order valence-electron chi connectivity index (χ2n) is 5.79. The molecule has 0 aliphatic heterocycles. The molecule has 0 heterocycles. The molecule has 18 heavy (non-hydrogen) atoms. The van der Waals surface area contributed by atoms with Crippen LogP contribution in [0, 0.1) is 24.7 Å². The van der Waals surface area contributed by atoms with Crippen molar-refractivity contribution in [3.05, 3.63) is 33.8 Å². The minimum Gasteiger partial charge on any atom is -0.294 e. The number of halogens is 1. The maximum atomic E-state index is 12.5. The van der Waals surface area contributed by atoms with Crippen molar-refractivity contribution < 1.29 is 4.79 Å². The average Bonchev–Trinajstić information content (AvgIpc) is 2.35. The number of rotatable bonds is 2. The molecule has 1 aromatic carbocycles. The molecule has 1 aliphatic rings. The molecule has 0 saturated heterocycles. The van der Waals surface area contributed by atoms with Crippen LogP contribution in [0.5, 0.6) is 0 Å². The van der Waals surface area contributed by atoms with Gasteiger partial charge in [0.1, 0.15) is 0 Å². The maximum absolute atomic E-state index is 12.5. The van der Waals surface area contributed by atoms with E-state index in [1.165, 1.54) is 6.42 Å². The Bertz CT molecular complexity index is 452. The van der Waals surface area contributed by atoms with Crippen molar-refractivity contribution in [3.8, 4) is 0 Å². The number of hydrogen-bond acceptors (Lipinski definition) is 1. The van der Waals surface area contributed by atoms with Gasteiger partial charge in [0.05, 0.1) is 0 Å². The molecule has 3 unspecified atom stereocenters. The molecule has 1 nitrogen and oxygen atoms in total. The number of hydrogen-bond donors (Lipinski definition) is 0. The van der Waals surface area contributed by atoms with Crippen LogP contribution in [-0.2, 0) is 0 Å². The van der Waals surface area contributed by atoms with Crippen molar-refractivity contribution in [2.75, 3.05) is 0 Å². The summed E-state index contributed by atoms with van der Waals surface area (Å²) < 4.78 is 1.07. The largest absolute Gasteiger partial charge is 0.294 e. The lowest BCUT2D eigenvalue weighted by Crippen LogP contribution is -2.26. The number of carbonyl (C=O) groups is 1. The highest BCUT2D eigenvalue weighted by molar-refractivity contribution is 9.10. The zero-order valence-corrected chi connectivity index (χ0v) is 13.0. The summed E-state index contributed by atoms with van der Waals surface area (Å²) in [6.07, 6.45) is 3.29. The van der Waals surface area contributed by atoms with E-state index >= 15 is 0 Å². The van der Waals surface area contributed by atoms with E-state index in [4.69, 9.17) is 0 Å². The van der Waals surface area contributed by atoms with Crippen molar-refractivity contribution in [2.24, 2.45) is 17.8 Å². The smallest absolute Gasteiger partial charge is 0.165 e. The predicted octanol–water partition coefficient (Wildman–Crippen LogP) is 5.01. The molecular formula is C16H21BrO. The normalized spacial score (nSPS) is 28.1. The molecule has 1 saturated carbocycles. The third-order valence-corrected chi connectivity index (χ3v) is 5.30. The van der Waals surface area contributed by atoms with Gasteiger partial charge in [-0.25, -0.2) is 0 Å². The van der Waals surface area contributed by atoms with Gasteiger partial charge in [0.2, 0.25) is 0 Å². The highest BCUT2D eigenvalue weighted by Crippen LogP contribution is 2.35. The molecule has 3 atom stereocenters. The van der Waals surface area contributed by atoms with E-state index in [0.717, 1.165) is 34.4 Å². The van der Waals surface area contributed by atoms with Crippen LogP contribution in [0.2, 0.25) is 0 Å². The summed E-state index contributed by atoms with van der Waals surface area (Å²) in [6, 6.07) is 5.94. The van der Waals surface area contributed by atoms with Gasteiger partial charge in [-0.05, 0) is 55.7 Å². The highest BCUT2D eigenvalue weighted by atomic mass is 79.9. The predicted molar refractivity (Wildman–Crippen MR) is 78.9 cm³/mol. The van der Waals surface area contributed by atoms with Crippen LogP contribution in [0.1, 0.15) is 49.0 Å². The second-order valence-corrected chi connectivity index (χ2v) is 6.65. The Hall–Kier alpha value is -0.630. The van der Waals surface area contributed by atoms with Crippen LogP contribution >= 0.6 is 15.9 Å². The van der Waals surface area contributed by atoms with Gasteiger partial charge in [-0.3, -0.25) is 4.79 Å². The molecule has 2 rings (SSSR count). The van der Waals surface area contributed by atoms with Gasteiger partial charge < -0.3 is 0 Å². The standard InChI is InChI=1S/C16H21BrO/c1-10-4-5-13(8-11(10)2)16(18)14-6-7-15(17)12(3)9-14/h6-7,9-11,13H,4-5,8H2,1-3H3. The van der Waals surface area contributed by atoms with Gasteiger partial charge in [-0.2, -0.15) is 0 Å². The Morgan fingerprint density at radius 1 is 1.22 bits per heavy atom. The first-order chi connectivity index (χ1) is 8.49. The van der Waals surface area contributed by atoms with E-state index in [-0.39, 0.29) is 5.92 Å². The van der Waals surface area contributed by atoms with Crippen LogP contribution in [0.25, 0.3) is 0 Å². The molecule has 0 spiro atoms. The summed E-state index contributed by atoms with van der Waals surface area (Å²) in [5.41, 5.74) is 2.01. The fourth-order valence-electron chi connectivity index (χ4n) is 2.82. The van der Waals surface area contributed by atoms with Crippen molar-refractivity contribution in [3.63, 3.8) is 0 Å². The van der Waals surface area contributed by atoms with Crippen LogP contribution in [0.15, 0.2) is 22.7 Å². The topological polar surface area (TPSA) is 17.1 Å².